The first-order chi connectivity index (χ1) is 4.33. The van der Waals surface area contributed by atoms with Crippen molar-refractivity contribution in [3.8, 4) is 0 Å². The molecule has 0 heterocycles. The van der Waals surface area contributed by atoms with E-state index in [0.29, 0.717) is 0 Å². The van der Waals surface area contributed by atoms with Gasteiger partial charge in [0.25, 0.3) is 0 Å². The van der Waals surface area contributed by atoms with Gasteiger partial charge in [-0.3, -0.25) is 0 Å². The molecule has 1 unspecified atom stereocenters. The van der Waals surface area contributed by atoms with Crippen molar-refractivity contribution in [2.45, 2.75) is 0 Å². The lowest BCUT2D eigenvalue weighted by Crippen LogP contribution is -1.94. The smallest absolute Gasteiger partial charge is 0.0320 e. The van der Waals surface area contributed by atoms with E-state index in [2.05, 4.69) is 12.7 Å². The molecule has 1 aromatic carbocycles. The standard InChI is InChI=1S/C7H10NP.H2O/c1-9-7-4-2-3-6(8)5-7;/h2-5,9H,8H2,1H3;1H2. The Kier molecular flexibility index (Phi) is 4.01. The van der Waals surface area contributed by atoms with E-state index in [9.17, 15) is 0 Å². The molecule has 10 heavy (non-hydrogen) atoms. The minimum Gasteiger partial charge on any atom is -0.412 e. The predicted molar refractivity (Wildman–Crippen MR) is 48.3 cm³/mol. The minimum absolute atomic E-state index is 0. The molecule has 56 valence electrons. The molecule has 0 saturated heterocycles. The lowest BCUT2D eigenvalue weighted by atomic mass is 10.3. The van der Waals surface area contributed by atoms with Crippen LogP contribution in [0.3, 0.4) is 0 Å². The number of nitrogens with two attached hydrogens (primary N) is 1. The van der Waals surface area contributed by atoms with Gasteiger partial charge in [-0.25, -0.2) is 0 Å². The minimum atomic E-state index is 0. The zero-order valence-electron chi connectivity index (χ0n) is 5.89. The third-order valence-electron chi connectivity index (χ3n) is 1.18. The molecular formula is C7H12NOP. The average molecular weight is 157 g/mol. The lowest BCUT2D eigenvalue weighted by Gasteiger charge is -1.95. The summed E-state index contributed by atoms with van der Waals surface area (Å²) in [6.07, 6.45) is 0. The van der Waals surface area contributed by atoms with Crippen molar-refractivity contribution in [3.63, 3.8) is 0 Å². The van der Waals surface area contributed by atoms with Crippen LogP contribution in [-0.2, 0) is 0 Å². The van der Waals surface area contributed by atoms with E-state index in [1.54, 1.807) is 0 Å². The number of hydrogen-bond donors (Lipinski definition) is 1. The summed E-state index contributed by atoms with van der Waals surface area (Å²) in [5, 5.41) is 1.33. The topological polar surface area (TPSA) is 57.5 Å². The van der Waals surface area contributed by atoms with Gasteiger partial charge in [-0.05, 0) is 24.1 Å². The maximum Gasteiger partial charge on any atom is 0.0320 e. The van der Waals surface area contributed by atoms with Crippen LogP contribution in [-0.4, -0.2) is 12.1 Å². The second kappa shape index (κ2) is 4.26. The molecule has 0 aliphatic carbocycles. The quantitative estimate of drug-likeness (QED) is 0.465. The van der Waals surface area contributed by atoms with E-state index >= 15 is 0 Å². The van der Waals surface area contributed by atoms with E-state index in [1.165, 1.54) is 5.30 Å². The van der Waals surface area contributed by atoms with E-state index in [0.717, 1.165) is 14.3 Å². The fourth-order valence-electron chi connectivity index (χ4n) is 0.694. The molecule has 1 rings (SSSR count). The molecule has 0 fully saturated rings. The Bertz CT molecular complexity index is 203. The molecule has 0 radical (unpaired) electrons. The molecule has 0 aromatic heterocycles. The Morgan fingerprint density at radius 3 is 2.50 bits per heavy atom. The summed E-state index contributed by atoms with van der Waals surface area (Å²) in [5.41, 5.74) is 6.40. The van der Waals surface area contributed by atoms with Crippen molar-refractivity contribution in [3.05, 3.63) is 24.3 Å². The molecule has 0 amide bonds. The summed E-state index contributed by atoms with van der Waals surface area (Å²) in [6.45, 7) is 2.15. The van der Waals surface area contributed by atoms with Crippen LogP contribution in [0, 0.1) is 0 Å². The summed E-state index contributed by atoms with van der Waals surface area (Å²) in [5.74, 6) is 0. The molecule has 0 bridgehead atoms. The summed E-state index contributed by atoms with van der Waals surface area (Å²) < 4.78 is 0. The fraction of sp³-hybridized carbons (Fsp3) is 0.143. The Labute approximate surface area is 62.5 Å². The molecule has 0 aliphatic heterocycles. The van der Waals surface area contributed by atoms with Gasteiger partial charge < -0.3 is 11.2 Å². The monoisotopic (exact) mass is 157 g/mol. The summed E-state index contributed by atoms with van der Waals surface area (Å²) >= 11 is 0. The van der Waals surface area contributed by atoms with Crippen molar-refractivity contribution in [1.29, 1.82) is 0 Å². The van der Waals surface area contributed by atoms with Gasteiger partial charge in [0.15, 0.2) is 0 Å². The SMILES string of the molecule is CPc1cccc(N)c1.O. The van der Waals surface area contributed by atoms with E-state index < -0.39 is 0 Å². The van der Waals surface area contributed by atoms with Crippen LogP contribution in [0.15, 0.2) is 24.3 Å². The van der Waals surface area contributed by atoms with E-state index in [4.69, 9.17) is 5.73 Å². The number of anilines is 1. The molecular weight excluding hydrogens is 145 g/mol. The third kappa shape index (κ3) is 2.34. The highest BCUT2D eigenvalue weighted by Gasteiger charge is 1.86. The fourth-order valence-corrected chi connectivity index (χ4v) is 1.27. The lowest BCUT2D eigenvalue weighted by molar-refractivity contribution is 0.824. The largest absolute Gasteiger partial charge is 0.412 e. The van der Waals surface area contributed by atoms with Gasteiger partial charge in [-0.2, -0.15) is 0 Å². The highest BCUT2D eigenvalue weighted by atomic mass is 31.1. The normalized spacial score (nSPS) is 9.70. The van der Waals surface area contributed by atoms with Gasteiger partial charge in [0.1, 0.15) is 0 Å². The first-order valence-electron chi connectivity index (χ1n) is 2.86. The molecule has 1 aromatic rings. The number of benzene rings is 1. The van der Waals surface area contributed by atoms with Crippen LogP contribution in [0.25, 0.3) is 0 Å². The van der Waals surface area contributed by atoms with Crippen molar-refractivity contribution >= 4 is 19.6 Å². The summed E-state index contributed by atoms with van der Waals surface area (Å²) in [4.78, 5) is 0. The second-order valence-electron chi connectivity index (χ2n) is 1.88. The molecule has 4 N–H and O–H groups in total. The van der Waals surface area contributed by atoms with Crippen molar-refractivity contribution in [2.24, 2.45) is 0 Å². The molecule has 1 atom stereocenters. The van der Waals surface area contributed by atoms with Crippen LogP contribution in [0.4, 0.5) is 5.69 Å². The Hall–Kier alpha value is -0.590. The van der Waals surface area contributed by atoms with Crippen molar-refractivity contribution in [1.82, 2.24) is 0 Å². The van der Waals surface area contributed by atoms with Crippen molar-refractivity contribution < 1.29 is 5.48 Å². The van der Waals surface area contributed by atoms with E-state index in [-0.39, 0.29) is 5.48 Å². The number of nitrogen functional groups attached to an aromatic ring is 1. The second-order valence-corrected chi connectivity index (χ2v) is 2.95. The van der Waals surface area contributed by atoms with Crippen LogP contribution < -0.4 is 11.0 Å². The maximum atomic E-state index is 5.54. The van der Waals surface area contributed by atoms with Gasteiger partial charge in [0.05, 0.1) is 0 Å². The maximum absolute atomic E-state index is 5.54. The van der Waals surface area contributed by atoms with Crippen LogP contribution >= 0.6 is 8.58 Å². The van der Waals surface area contributed by atoms with Gasteiger partial charge >= 0.3 is 0 Å². The molecule has 0 spiro atoms. The Balaban J connectivity index is 0.000000810. The zero-order valence-corrected chi connectivity index (χ0v) is 6.89. The van der Waals surface area contributed by atoms with Crippen molar-refractivity contribution in [2.75, 3.05) is 12.4 Å². The van der Waals surface area contributed by atoms with Crippen LogP contribution in [0.5, 0.6) is 0 Å². The number of rotatable bonds is 1. The first-order valence-corrected chi connectivity index (χ1v) is 4.36. The molecule has 3 heteroatoms. The highest BCUT2D eigenvalue weighted by molar-refractivity contribution is 7.46. The molecule has 2 nitrogen and oxygen atoms in total. The van der Waals surface area contributed by atoms with Crippen LogP contribution in [0.1, 0.15) is 0 Å². The number of hydrogen-bond acceptors (Lipinski definition) is 1. The Morgan fingerprint density at radius 2 is 2.10 bits per heavy atom. The first kappa shape index (κ1) is 9.41. The van der Waals surface area contributed by atoms with Gasteiger partial charge in [-0.15, -0.1) is 0 Å². The average Bonchev–Trinajstić information content (AvgIpc) is 1.88. The van der Waals surface area contributed by atoms with Gasteiger partial charge in [0, 0.05) is 5.69 Å². The van der Waals surface area contributed by atoms with E-state index in [1.807, 2.05) is 18.2 Å². The molecule has 0 saturated carbocycles. The van der Waals surface area contributed by atoms with Gasteiger partial charge in [-0.1, -0.05) is 20.7 Å². The predicted octanol–water partition coefficient (Wildman–Crippen LogP) is 0.378. The summed E-state index contributed by atoms with van der Waals surface area (Å²) in [6, 6.07) is 8.00. The zero-order chi connectivity index (χ0) is 6.69. The summed E-state index contributed by atoms with van der Waals surface area (Å²) in [7, 11) is 0.846. The highest BCUT2D eigenvalue weighted by Crippen LogP contribution is 2.06. The van der Waals surface area contributed by atoms with Crippen LogP contribution in [0.2, 0.25) is 0 Å². The van der Waals surface area contributed by atoms with Gasteiger partial charge in [0.2, 0.25) is 0 Å². The third-order valence-corrected chi connectivity index (χ3v) is 2.06. The molecule has 0 aliphatic rings. The Morgan fingerprint density at radius 1 is 1.40 bits per heavy atom.